The lowest BCUT2D eigenvalue weighted by Crippen LogP contribution is -2.58. The fourth-order valence-corrected chi connectivity index (χ4v) is 3.97. The number of hydrogen-bond donors (Lipinski definition) is 9. The van der Waals surface area contributed by atoms with E-state index in [1.807, 2.05) is 0 Å². The molecule has 0 aromatic heterocycles. The van der Waals surface area contributed by atoms with Crippen molar-refractivity contribution in [2.24, 2.45) is 23.1 Å². The normalized spacial score (nSPS) is 15.0. The molecule has 16 nitrogen and oxygen atoms in total. The summed E-state index contributed by atoms with van der Waals surface area (Å²) in [4.78, 5) is 85.7. The summed E-state index contributed by atoms with van der Waals surface area (Å²) in [5.41, 5.74) is 16.6. The average Bonchev–Trinajstić information content (AvgIpc) is 2.96. The number of hydrogen-bond acceptors (Lipinski definition) is 10. The van der Waals surface area contributed by atoms with Gasteiger partial charge in [-0.2, -0.15) is 0 Å². The van der Waals surface area contributed by atoms with Crippen molar-refractivity contribution in [1.29, 1.82) is 0 Å². The Bertz CT molecular complexity index is 1150. The Morgan fingerprint density at radius 1 is 0.841 bits per heavy atom. The lowest BCUT2D eigenvalue weighted by atomic mass is 9.97. The van der Waals surface area contributed by atoms with Gasteiger partial charge in [0, 0.05) is 6.42 Å². The highest BCUT2D eigenvalue weighted by Crippen LogP contribution is 2.11. The number of nitrogens with two attached hydrogens (primary N) is 3. The van der Waals surface area contributed by atoms with Crippen LogP contribution in [0.5, 0.6) is 0 Å². The monoisotopic (exact) mass is 621 g/mol. The number of aliphatic hydroxyl groups is 2. The van der Waals surface area contributed by atoms with E-state index in [4.69, 9.17) is 22.3 Å². The zero-order chi connectivity index (χ0) is 33.4. The third-order valence-corrected chi connectivity index (χ3v) is 6.56. The van der Waals surface area contributed by atoms with Crippen LogP contribution in [0.2, 0.25) is 0 Å². The van der Waals surface area contributed by atoms with Crippen molar-refractivity contribution < 1.29 is 43.8 Å². The van der Waals surface area contributed by atoms with Crippen LogP contribution < -0.4 is 38.5 Å². The Labute approximate surface area is 254 Å². The fraction of sp³-hybridized carbons (Fsp3) is 0.536. The molecule has 0 radical (unpaired) electrons. The Balaban J connectivity index is 3.20. The number of aldehydes is 1. The second-order valence-corrected chi connectivity index (χ2v) is 10.6. The van der Waals surface area contributed by atoms with Gasteiger partial charge in [-0.1, -0.05) is 44.2 Å². The van der Waals surface area contributed by atoms with Gasteiger partial charge in [0.15, 0.2) is 0 Å². The molecule has 0 aliphatic heterocycles. The topological polar surface area (TPSA) is 286 Å². The summed E-state index contributed by atoms with van der Waals surface area (Å²) in [5, 5.41) is 29.7. The van der Waals surface area contributed by atoms with Crippen molar-refractivity contribution >= 4 is 41.7 Å². The Kier molecular flexibility index (Phi) is 16.2. The third-order valence-electron chi connectivity index (χ3n) is 6.56. The van der Waals surface area contributed by atoms with Gasteiger partial charge in [0.2, 0.25) is 35.4 Å². The molecule has 1 aromatic rings. The van der Waals surface area contributed by atoms with Crippen LogP contribution >= 0.6 is 0 Å². The average molecular weight is 622 g/mol. The van der Waals surface area contributed by atoms with Crippen LogP contribution in [0, 0.1) is 5.92 Å². The van der Waals surface area contributed by atoms with Crippen LogP contribution in [0.15, 0.2) is 30.3 Å². The number of amides is 6. The van der Waals surface area contributed by atoms with Crippen molar-refractivity contribution in [2.45, 2.75) is 82.3 Å². The molecule has 0 aliphatic rings. The molecule has 0 aliphatic carbocycles. The van der Waals surface area contributed by atoms with Gasteiger partial charge in [0.25, 0.3) is 0 Å². The summed E-state index contributed by atoms with van der Waals surface area (Å²) in [6, 6.07) is 2.34. The number of aliphatic hydroxyl groups excluding tert-OH is 2. The lowest BCUT2D eigenvalue weighted by molar-refractivity contribution is -0.135. The minimum atomic E-state index is -1.60. The number of rotatable bonds is 20. The predicted molar refractivity (Wildman–Crippen MR) is 157 cm³/mol. The Morgan fingerprint density at radius 3 is 1.95 bits per heavy atom. The second kappa shape index (κ2) is 19.0. The van der Waals surface area contributed by atoms with Gasteiger partial charge < -0.3 is 53.5 Å². The summed E-state index contributed by atoms with van der Waals surface area (Å²) in [7, 11) is 0. The Hall–Kier alpha value is -4.41. The van der Waals surface area contributed by atoms with E-state index < -0.39 is 91.2 Å². The van der Waals surface area contributed by atoms with Crippen molar-refractivity contribution in [1.82, 2.24) is 21.3 Å². The largest absolute Gasteiger partial charge is 0.394 e. The van der Waals surface area contributed by atoms with Gasteiger partial charge in [0.1, 0.15) is 24.4 Å². The number of primary amides is 2. The molecule has 0 spiro atoms. The smallest absolute Gasteiger partial charge is 0.243 e. The lowest BCUT2D eigenvalue weighted by Gasteiger charge is -2.28. The quantitative estimate of drug-likeness (QED) is 0.0641. The highest BCUT2D eigenvalue weighted by Gasteiger charge is 2.32. The minimum absolute atomic E-state index is 0.0376. The molecular weight excluding hydrogens is 578 g/mol. The van der Waals surface area contributed by atoms with E-state index in [-0.39, 0.29) is 25.2 Å². The molecule has 0 saturated heterocycles. The van der Waals surface area contributed by atoms with E-state index in [2.05, 4.69) is 21.3 Å². The predicted octanol–water partition coefficient (Wildman–Crippen LogP) is -3.77. The number of nitrogens with one attached hydrogen (secondary N) is 4. The van der Waals surface area contributed by atoms with Crippen LogP contribution in [0.25, 0.3) is 0 Å². The molecule has 0 saturated carbocycles. The van der Waals surface area contributed by atoms with Gasteiger partial charge >= 0.3 is 0 Å². The van der Waals surface area contributed by atoms with Crippen LogP contribution in [0.4, 0.5) is 0 Å². The van der Waals surface area contributed by atoms with Crippen molar-refractivity contribution in [2.75, 3.05) is 6.61 Å². The van der Waals surface area contributed by atoms with E-state index in [0.717, 1.165) is 0 Å². The summed E-state index contributed by atoms with van der Waals surface area (Å²) < 4.78 is 0. The van der Waals surface area contributed by atoms with Crippen molar-refractivity contribution in [3.8, 4) is 0 Å². The molecule has 44 heavy (non-hydrogen) atoms. The summed E-state index contributed by atoms with van der Waals surface area (Å²) in [6.07, 6.45) is -2.66. The number of carbonyl (C=O) groups excluding carboxylic acids is 7. The molecule has 0 heterocycles. The molecule has 244 valence electrons. The van der Waals surface area contributed by atoms with Gasteiger partial charge in [-0.05, 0) is 24.3 Å². The second-order valence-electron chi connectivity index (χ2n) is 10.6. The third kappa shape index (κ3) is 13.7. The van der Waals surface area contributed by atoms with Crippen molar-refractivity contribution in [3.05, 3.63) is 35.9 Å². The van der Waals surface area contributed by atoms with E-state index >= 15 is 0 Å². The minimum Gasteiger partial charge on any atom is -0.394 e. The van der Waals surface area contributed by atoms with E-state index in [1.54, 1.807) is 44.2 Å². The molecule has 6 unspecified atom stereocenters. The van der Waals surface area contributed by atoms with Gasteiger partial charge in [0.05, 0.1) is 37.6 Å². The molecular formula is C28H43N7O9. The molecule has 0 fully saturated rings. The van der Waals surface area contributed by atoms with Crippen LogP contribution in [-0.4, -0.2) is 94.9 Å². The van der Waals surface area contributed by atoms with Crippen LogP contribution in [-0.2, 0) is 40.0 Å². The highest BCUT2D eigenvalue weighted by atomic mass is 16.3. The maximum Gasteiger partial charge on any atom is 0.243 e. The van der Waals surface area contributed by atoms with Gasteiger partial charge in [-0.15, -0.1) is 0 Å². The molecule has 1 rings (SSSR count). The molecule has 1 aromatic carbocycles. The molecule has 16 heteroatoms. The zero-order valence-electron chi connectivity index (χ0n) is 24.7. The zero-order valence-corrected chi connectivity index (χ0v) is 24.7. The first-order valence-electron chi connectivity index (χ1n) is 14.0. The molecule has 6 amide bonds. The highest BCUT2D eigenvalue weighted by molar-refractivity contribution is 5.95. The summed E-state index contributed by atoms with van der Waals surface area (Å²) in [6.45, 7) is 2.72. The molecule has 6 atom stereocenters. The number of carbonyl (C=O) groups is 7. The van der Waals surface area contributed by atoms with E-state index in [1.165, 1.54) is 0 Å². The van der Waals surface area contributed by atoms with Crippen molar-refractivity contribution in [3.63, 3.8) is 0 Å². The molecule has 12 N–H and O–H groups in total. The maximum absolute atomic E-state index is 13.4. The fourth-order valence-electron chi connectivity index (χ4n) is 3.97. The SMILES string of the molecule is CC(C)C(C=O)NC(=O)CC(O)C(Cc1ccccc1)NC(=O)C(CC(N)=O)NC(=O)C(CCC(N)=O)NC(=O)C(N)CO. The van der Waals surface area contributed by atoms with Gasteiger partial charge in [-0.3, -0.25) is 28.8 Å². The first-order chi connectivity index (χ1) is 20.7. The first-order valence-corrected chi connectivity index (χ1v) is 14.0. The Morgan fingerprint density at radius 2 is 1.43 bits per heavy atom. The van der Waals surface area contributed by atoms with Gasteiger partial charge in [-0.25, -0.2) is 0 Å². The molecule has 0 bridgehead atoms. The van der Waals surface area contributed by atoms with Crippen LogP contribution in [0.1, 0.15) is 45.1 Å². The van der Waals surface area contributed by atoms with Crippen LogP contribution in [0.3, 0.4) is 0 Å². The van der Waals surface area contributed by atoms with E-state index in [9.17, 15) is 38.7 Å². The standard InChI is InChI=1S/C28H43N7O9/c1-15(2)21(14-37)32-25(41)12-22(38)19(10-16-6-4-3-5-7-16)34-28(44)20(11-24(31)40)35-27(43)18(8-9-23(30)39)33-26(42)17(29)13-36/h3-7,14-15,17-22,36,38H,8-13,29H2,1-2H3,(H2,30,39)(H2,31,40)(H,32,41)(H,33,42)(H,34,44)(H,35,43). The number of benzene rings is 1. The summed E-state index contributed by atoms with van der Waals surface area (Å²) in [5.74, 6) is -5.47. The maximum atomic E-state index is 13.4. The first kappa shape index (κ1) is 37.6. The summed E-state index contributed by atoms with van der Waals surface area (Å²) >= 11 is 0. The van der Waals surface area contributed by atoms with E-state index in [0.29, 0.717) is 11.8 Å².